The normalized spacial score (nSPS) is 11.9. The number of aryl methyl sites for hydroxylation is 2. The van der Waals surface area contributed by atoms with Gasteiger partial charge in [0.15, 0.2) is 0 Å². The third kappa shape index (κ3) is 5.00. The van der Waals surface area contributed by atoms with Gasteiger partial charge in [-0.1, -0.05) is 71.8 Å². The molecule has 3 rings (SSSR count). The summed E-state index contributed by atoms with van der Waals surface area (Å²) in [6, 6.07) is 21.2. The fourth-order valence-electron chi connectivity index (χ4n) is 3.65. The molecule has 0 saturated heterocycles. The second-order valence-electron chi connectivity index (χ2n) is 8.88. The topological polar surface area (TPSA) is 23.5 Å². The van der Waals surface area contributed by atoms with Crippen molar-refractivity contribution in [2.45, 2.75) is 46.6 Å². The Balaban J connectivity index is 1.98. The number of aromatic hydroxyl groups is 1. The molecule has 3 aromatic rings. The van der Waals surface area contributed by atoms with E-state index in [-0.39, 0.29) is 5.41 Å². The average molecular weight is 406 g/mol. The van der Waals surface area contributed by atoms with Crippen molar-refractivity contribution in [1.82, 2.24) is 0 Å². The lowest BCUT2D eigenvalue weighted by atomic mass is 9.85. The predicted octanol–water partition coefficient (Wildman–Crippen LogP) is 5.57. The van der Waals surface area contributed by atoms with Crippen molar-refractivity contribution >= 4 is 24.9 Å². The monoisotopic (exact) mass is 405 g/mol. The molecule has 0 aromatic heterocycles. The van der Waals surface area contributed by atoms with Gasteiger partial charge in [0.1, 0.15) is 5.75 Å². The maximum Gasteiger partial charge on any atom is 0.127 e. The third-order valence-electron chi connectivity index (χ3n) is 5.29. The zero-order chi connectivity index (χ0) is 21.2. The van der Waals surface area contributed by atoms with Crippen molar-refractivity contribution < 1.29 is 5.11 Å². The van der Waals surface area contributed by atoms with Gasteiger partial charge in [-0.05, 0) is 59.5 Å². The molecule has 0 heterocycles. The molecule has 3 aromatic carbocycles. The fourth-order valence-corrected chi connectivity index (χ4v) is 5.07. The zero-order valence-electron chi connectivity index (χ0n) is 18.4. The molecule has 0 aliphatic carbocycles. The highest BCUT2D eigenvalue weighted by molar-refractivity contribution is 7.56. The van der Waals surface area contributed by atoms with E-state index in [1.54, 1.807) is 0 Å². The minimum atomic E-state index is -0.0859. The van der Waals surface area contributed by atoms with Crippen LogP contribution >= 0.6 is 8.58 Å². The molecule has 2 nitrogen and oxygen atoms in total. The highest BCUT2D eigenvalue weighted by Gasteiger charge is 2.21. The summed E-state index contributed by atoms with van der Waals surface area (Å²) in [7, 11) is 2.56. The van der Waals surface area contributed by atoms with E-state index in [1.165, 1.54) is 27.7 Å². The first-order chi connectivity index (χ1) is 13.7. The fraction of sp³-hybridized carbons (Fsp3) is 0.308. The van der Waals surface area contributed by atoms with Gasteiger partial charge < -0.3 is 10.0 Å². The summed E-state index contributed by atoms with van der Waals surface area (Å²) in [5.41, 5.74) is 5.94. The number of hydrogen-bond donors (Lipinski definition) is 1. The molecule has 0 fully saturated rings. The number of anilines is 1. The minimum absolute atomic E-state index is 0.0859. The summed E-state index contributed by atoms with van der Waals surface area (Å²) in [6.07, 6.45) is 0. The van der Waals surface area contributed by atoms with Crippen LogP contribution in [-0.4, -0.2) is 12.2 Å². The van der Waals surface area contributed by atoms with E-state index in [0.29, 0.717) is 14.3 Å². The molecule has 0 saturated carbocycles. The summed E-state index contributed by atoms with van der Waals surface area (Å²) in [5, 5.41) is 13.4. The van der Waals surface area contributed by atoms with Gasteiger partial charge in [-0.15, -0.1) is 0 Å². The lowest BCUT2D eigenvalue weighted by molar-refractivity contribution is 0.450. The number of nitrogens with zero attached hydrogens (tertiary/aromatic N) is 1. The van der Waals surface area contributed by atoms with Crippen LogP contribution in [0.2, 0.25) is 0 Å². The van der Waals surface area contributed by atoms with Crippen LogP contribution in [-0.2, 0) is 12.0 Å². The summed E-state index contributed by atoms with van der Waals surface area (Å²) in [5.74, 6) is 0.451. The van der Waals surface area contributed by atoms with Crippen LogP contribution in [0.3, 0.4) is 0 Å². The van der Waals surface area contributed by atoms with E-state index in [1.807, 2.05) is 6.07 Å². The lowest BCUT2D eigenvalue weighted by Crippen LogP contribution is -2.23. The average Bonchev–Trinajstić information content (AvgIpc) is 2.66. The summed E-state index contributed by atoms with van der Waals surface area (Å²) < 4.78 is 0. The molecule has 0 aliphatic rings. The highest BCUT2D eigenvalue weighted by atomic mass is 31.1. The Morgan fingerprint density at radius 2 is 1.62 bits per heavy atom. The first-order valence-corrected chi connectivity index (χ1v) is 11.1. The third-order valence-corrected chi connectivity index (χ3v) is 6.90. The van der Waals surface area contributed by atoms with Crippen molar-refractivity contribution in [3.63, 3.8) is 0 Å². The Labute approximate surface area is 177 Å². The number of para-hydroxylation sites is 1. The van der Waals surface area contributed by atoms with Crippen molar-refractivity contribution in [2.75, 3.05) is 11.9 Å². The molecule has 152 valence electrons. The minimum Gasteiger partial charge on any atom is -0.507 e. The van der Waals surface area contributed by atoms with Crippen molar-refractivity contribution in [2.24, 2.45) is 0 Å². The second kappa shape index (κ2) is 8.59. The van der Waals surface area contributed by atoms with Gasteiger partial charge in [0.2, 0.25) is 0 Å². The molecule has 0 amide bonds. The number of rotatable bonds is 5. The Hall–Kier alpha value is -2.31. The molecule has 0 bridgehead atoms. The first-order valence-electron chi connectivity index (χ1n) is 10.1. The van der Waals surface area contributed by atoms with Crippen LogP contribution in [0, 0.1) is 13.8 Å². The van der Waals surface area contributed by atoms with Gasteiger partial charge in [0.05, 0.1) is 0 Å². The molecule has 1 atom stereocenters. The molecule has 3 heteroatoms. The first kappa shape index (κ1) is 21.4. The molecule has 0 spiro atoms. The molecule has 1 unspecified atom stereocenters. The molecule has 0 radical (unpaired) electrons. The van der Waals surface area contributed by atoms with E-state index in [4.69, 9.17) is 0 Å². The number of benzene rings is 3. The van der Waals surface area contributed by atoms with Crippen LogP contribution in [0.5, 0.6) is 5.75 Å². The van der Waals surface area contributed by atoms with E-state index in [2.05, 4.69) is 101 Å². The molecular weight excluding hydrogens is 373 g/mol. The second-order valence-corrected chi connectivity index (χ2v) is 10.2. The smallest absolute Gasteiger partial charge is 0.127 e. The number of phenols is 1. The van der Waals surface area contributed by atoms with Gasteiger partial charge in [0, 0.05) is 30.1 Å². The maximum atomic E-state index is 11.0. The number of phenolic OH excluding ortho intramolecular Hbond substituents is 1. The van der Waals surface area contributed by atoms with E-state index in [0.717, 1.165) is 17.4 Å². The Morgan fingerprint density at radius 3 is 2.28 bits per heavy atom. The standard InChI is InChI=1S/C26H32NOP/c1-18-15-22(26(3,4)5)24(28)23(16-18)29-25-19(2)11-10-12-20(25)17-27(6)21-13-8-7-9-14-21/h7-16,28-29H,17H2,1-6H3. The Morgan fingerprint density at radius 1 is 0.931 bits per heavy atom. The summed E-state index contributed by atoms with van der Waals surface area (Å²) in [4.78, 5) is 2.28. The summed E-state index contributed by atoms with van der Waals surface area (Å²) >= 11 is 0. The van der Waals surface area contributed by atoms with Gasteiger partial charge in [-0.2, -0.15) is 0 Å². The quantitative estimate of drug-likeness (QED) is 0.561. The van der Waals surface area contributed by atoms with Crippen molar-refractivity contribution in [1.29, 1.82) is 0 Å². The van der Waals surface area contributed by atoms with Crippen LogP contribution in [0.1, 0.15) is 43.0 Å². The SMILES string of the molecule is Cc1cc(Pc2c(C)cccc2CN(C)c2ccccc2)c(O)c(C(C)(C)C)c1. The van der Waals surface area contributed by atoms with Crippen molar-refractivity contribution in [3.05, 3.63) is 82.9 Å². The Bertz CT molecular complexity index is 990. The zero-order valence-corrected chi connectivity index (χ0v) is 19.4. The predicted molar refractivity (Wildman–Crippen MR) is 129 cm³/mol. The molecule has 1 N–H and O–H groups in total. The number of hydrogen-bond acceptors (Lipinski definition) is 2. The molecule has 29 heavy (non-hydrogen) atoms. The van der Waals surface area contributed by atoms with Gasteiger partial charge in [-0.25, -0.2) is 0 Å². The molecule has 0 aliphatic heterocycles. The van der Waals surface area contributed by atoms with Gasteiger partial charge >= 0.3 is 0 Å². The van der Waals surface area contributed by atoms with E-state index in [9.17, 15) is 5.11 Å². The summed E-state index contributed by atoms with van der Waals surface area (Å²) in [6.45, 7) is 11.6. The van der Waals surface area contributed by atoms with Crippen LogP contribution < -0.4 is 15.5 Å². The lowest BCUT2D eigenvalue weighted by Gasteiger charge is -2.24. The largest absolute Gasteiger partial charge is 0.507 e. The molecular formula is C26H32NOP. The van der Waals surface area contributed by atoms with Gasteiger partial charge in [-0.3, -0.25) is 0 Å². The maximum absolute atomic E-state index is 11.0. The Kier molecular flexibility index (Phi) is 6.34. The van der Waals surface area contributed by atoms with E-state index >= 15 is 0 Å². The van der Waals surface area contributed by atoms with Gasteiger partial charge in [0.25, 0.3) is 0 Å². The van der Waals surface area contributed by atoms with E-state index < -0.39 is 0 Å². The van der Waals surface area contributed by atoms with Crippen molar-refractivity contribution in [3.8, 4) is 5.75 Å². The van der Waals surface area contributed by atoms with Crippen LogP contribution in [0.4, 0.5) is 5.69 Å². The van der Waals surface area contributed by atoms with Crippen LogP contribution in [0.15, 0.2) is 60.7 Å². The van der Waals surface area contributed by atoms with Crippen LogP contribution in [0.25, 0.3) is 0 Å². The highest BCUT2D eigenvalue weighted by Crippen LogP contribution is 2.34.